The summed E-state index contributed by atoms with van der Waals surface area (Å²) in [5.74, 6) is 1.36. The molecule has 3 aromatic carbocycles. The molecule has 4 nitrogen and oxygen atoms in total. The Balaban J connectivity index is 1.25. The van der Waals surface area contributed by atoms with E-state index in [2.05, 4.69) is 24.3 Å². The zero-order chi connectivity index (χ0) is 20.9. The van der Waals surface area contributed by atoms with Gasteiger partial charge in [0.2, 0.25) is 11.8 Å². The van der Waals surface area contributed by atoms with Gasteiger partial charge >= 0.3 is 0 Å². The molecule has 0 radical (unpaired) electrons. The highest BCUT2D eigenvalue weighted by atomic mass is 16.5. The Bertz CT molecular complexity index is 1170. The molecule has 2 amide bonds. The summed E-state index contributed by atoms with van der Waals surface area (Å²) in [6.45, 7) is 0. The summed E-state index contributed by atoms with van der Waals surface area (Å²) >= 11 is 0. The Labute approximate surface area is 180 Å². The lowest BCUT2D eigenvalue weighted by Gasteiger charge is -2.18. The van der Waals surface area contributed by atoms with Crippen molar-refractivity contribution in [1.29, 1.82) is 0 Å². The molecule has 1 saturated heterocycles. The second-order valence-electron chi connectivity index (χ2n) is 8.47. The number of allylic oxidation sites excluding steroid dienone is 2. The second kappa shape index (κ2) is 6.95. The standard InChI is InChI=1S/C27H21NO3/c29-26-24-18-10-11-19(16-18)25(24)27(30)28(26)20-12-14-21(15-13-20)31-23-9-5-4-8-22(23)17-6-2-1-3-7-17/h1-15,18-19,24-25H,16H2/t18-,19-,24-,25-/m1/s1. The maximum Gasteiger partial charge on any atom is 0.238 e. The van der Waals surface area contributed by atoms with E-state index in [9.17, 15) is 9.59 Å². The number of para-hydroxylation sites is 1. The van der Waals surface area contributed by atoms with Gasteiger partial charge in [-0.15, -0.1) is 0 Å². The summed E-state index contributed by atoms with van der Waals surface area (Å²) in [4.78, 5) is 27.4. The number of benzene rings is 3. The molecule has 2 aliphatic carbocycles. The molecule has 2 bridgehead atoms. The van der Waals surface area contributed by atoms with Crippen LogP contribution in [0.15, 0.2) is 91.0 Å². The van der Waals surface area contributed by atoms with E-state index < -0.39 is 0 Å². The first-order valence-electron chi connectivity index (χ1n) is 10.7. The lowest BCUT2D eigenvalue weighted by Crippen LogP contribution is -2.32. The number of amides is 2. The maximum atomic E-state index is 13.0. The molecular formula is C27H21NO3. The van der Waals surface area contributed by atoms with Crippen molar-refractivity contribution in [2.24, 2.45) is 23.7 Å². The molecule has 1 saturated carbocycles. The van der Waals surface area contributed by atoms with E-state index in [4.69, 9.17) is 4.74 Å². The Morgan fingerprint density at radius 2 is 1.32 bits per heavy atom. The van der Waals surface area contributed by atoms with E-state index in [-0.39, 0.29) is 35.5 Å². The van der Waals surface area contributed by atoms with Crippen molar-refractivity contribution in [3.05, 3.63) is 91.0 Å². The van der Waals surface area contributed by atoms with Crippen LogP contribution in [0.3, 0.4) is 0 Å². The van der Waals surface area contributed by atoms with Crippen LogP contribution in [-0.4, -0.2) is 11.8 Å². The first kappa shape index (κ1) is 18.1. The van der Waals surface area contributed by atoms with E-state index in [1.54, 1.807) is 12.1 Å². The Hall–Kier alpha value is -3.66. The monoisotopic (exact) mass is 407 g/mol. The zero-order valence-corrected chi connectivity index (χ0v) is 16.8. The van der Waals surface area contributed by atoms with Crippen molar-refractivity contribution in [3.8, 4) is 22.6 Å². The van der Waals surface area contributed by atoms with Gasteiger partial charge in [0.25, 0.3) is 0 Å². The maximum absolute atomic E-state index is 13.0. The van der Waals surface area contributed by atoms with Crippen molar-refractivity contribution in [2.45, 2.75) is 6.42 Å². The number of hydrogen-bond acceptors (Lipinski definition) is 3. The fourth-order valence-electron chi connectivity index (χ4n) is 5.36. The molecule has 4 atom stereocenters. The predicted molar refractivity (Wildman–Crippen MR) is 119 cm³/mol. The van der Waals surface area contributed by atoms with Crippen LogP contribution >= 0.6 is 0 Å². The van der Waals surface area contributed by atoms with Gasteiger partial charge in [-0.2, -0.15) is 0 Å². The van der Waals surface area contributed by atoms with E-state index in [1.807, 2.05) is 54.6 Å². The Morgan fingerprint density at radius 3 is 2.00 bits per heavy atom. The molecule has 4 heteroatoms. The van der Waals surface area contributed by atoms with Crippen molar-refractivity contribution < 1.29 is 14.3 Å². The average molecular weight is 407 g/mol. The topological polar surface area (TPSA) is 46.6 Å². The quantitative estimate of drug-likeness (QED) is 0.426. The summed E-state index contributed by atoms with van der Waals surface area (Å²) in [6, 6.07) is 25.2. The van der Waals surface area contributed by atoms with Crippen LogP contribution in [0.2, 0.25) is 0 Å². The summed E-state index contributed by atoms with van der Waals surface area (Å²) < 4.78 is 6.16. The summed E-state index contributed by atoms with van der Waals surface area (Å²) in [5.41, 5.74) is 2.71. The molecule has 2 fully saturated rings. The van der Waals surface area contributed by atoms with Crippen molar-refractivity contribution >= 4 is 17.5 Å². The third-order valence-corrected chi connectivity index (χ3v) is 6.76. The molecule has 3 aliphatic rings. The fourth-order valence-corrected chi connectivity index (χ4v) is 5.36. The summed E-state index contributed by atoms with van der Waals surface area (Å²) in [7, 11) is 0. The lowest BCUT2D eigenvalue weighted by molar-refractivity contribution is -0.123. The third-order valence-electron chi connectivity index (χ3n) is 6.76. The van der Waals surface area contributed by atoms with Gasteiger partial charge < -0.3 is 4.74 Å². The molecule has 1 aliphatic heterocycles. The largest absolute Gasteiger partial charge is 0.457 e. The minimum absolute atomic E-state index is 0.0602. The molecule has 1 heterocycles. The van der Waals surface area contributed by atoms with Gasteiger partial charge in [-0.1, -0.05) is 60.7 Å². The number of carbonyl (C=O) groups is 2. The number of fused-ring (bicyclic) bond motifs is 5. The highest BCUT2D eigenvalue weighted by Crippen LogP contribution is 2.53. The number of ether oxygens (including phenoxy) is 1. The van der Waals surface area contributed by atoms with Crippen LogP contribution in [0.5, 0.6) is 11.5 Å². The van der Waals surface area contributed by atoms with Gasteiger partial charge in [0.05, 0.1) is 17.5 Å². The van der Waals surface area contributed by atoms with E-state index >= 15 is 0 Å². The molecule has 3 aromatic rings. The van der Waals surface area contributed by atoms with Crippen LogP contribution in [0.25, 0.3) is 11.1 Å². The first-order valence-corrected chi connectivity index (χ1v) is 10.7. The normalized spacial score (nSPS) is 25.9. The van der Waals surface area contributed by atoms with Gasteiger partial charge in [-0.25, -0.2) is 0 Å². The number of rotatable bonds is 4. The van der Waals surface area contributed by atoms with Crippen LogP contribution in [0.4, 0.5) is 5.69 Å². The average Bonchev–Trinajstić information content (AvgIpc) is 3.49. The highest BCUT2D eigenvalue weighted by molar-refractivity contribution is 6.22. The molecule has 0 spiro atoms. The highest BCUT2D eigenvalue weighted by Gasteiger charge is 2.59. The van der Waals surface area contributed by atoms with E-state index in [0.29, 0.717) is 11.4 Å². The number of hydrogen-bond donors (Lipinski definition) is 0. The Morgan fingerprint density at radius 1 is 0.710 bits per heavy atom. The molecule has 0 aromatic heterocycles. The molecule has 152 valence electrons. The van der Waals surface area contributed by atoms with Crippen molar-refractivity contribution in [2.75, 3.05) is 4.90 Å². The van der Waals surface area contributed by atoms with Gasteiger partial charge in [-0.05, 0) is 54.2 Å². The Kier molecular flexibility index (Phi) is 4.06. The zero-order valence-electron chi connectivity index (χ0n) is 16.8. The molecule has 0 unspecified atom stereocenters. The SMILES string of the molecule is O=C1[C@H]2[C@H](C(=O)N1c1ccc(Oc3ccccc3-c3ccccc3)cc1)[C@@H]1C=C[C@@H]2C1. The van der Waals surface area contributed by atoms with E-state index in [1.165, 1.54) is 4.90 Å². The van der Waals surface area contributed by atoms with Gasteiger partial charge in [0.1, 0.15) is 11.5 Å². The number of nitrogens with zero attached hydrogens (tertiary/aromatic N) is 1. The summed E-state index contributed by atoms with van der Waals surface area (Å²) in [6.07, 6.45) is 5.16. The fraction of sp³-hybridized carbons (Fsp3) is 0.185. The van der Waals surface area contributed by atoms with Crippen molar-refractivity contribution in [1.82, 2.24) is 0 Å². The number of carbonyl (C=O) groups excluding carboxylic acids is 2. The van der Waals surface area contributed by atoms with Gasteiger partial charge in [-0.3, -0.25) is 14.5 Å². The number of imide groups is 1. The third kappa shape index (κ3) is 2.82. The van der Waals surface area contributed by atoms with Gasteiger partial charge in [0, 0.05) is 5.56 Å². The van der Waals surface area contributed by atoms with Crippen LogP contribution < -0.4 is 9.64 Å². The van der Waals surface area contributed by atoms with Crippen molar-refractivity contribution in [3.63, 3.8) is 0 Å². The molecular weight excluding hydrogens is 386 g/mol. The first-order chi connectivity index (χ1) is 15.2. The van der Waals surface area contributed by atoms with Gasteiger partial charge in [0.15, 0.2) is 0 Å². The lowest BCUT2D eigenvalue weighted by atomic mass is 9.85. The molecule has 31 heavy (non-hydrogen) atoms. The predicted octanol–water partition coefficient (Wildman–Crippen LogP) is 5.46. The minimum Gasteiger partial charge on any atom is -0.457 e. The van der Waals surface area contributed by atoms with Crippen LogP contribution in [-0.2, 0) is 9.59 Å². The van der Waals surface area contributed by atoms with Crippen LogP contribution in [0, 0.1) is 23.7 Å². The number of anilines is 1. The minimum atomic E-state index is -0.184. The smallest absolute Gasteiger partial charge is 0.238 e. The molecule has 0 N–H and O–H groups in total. The van der Waals surface area contributed by atoms with E-state index in [0.717, 1.165) is 23.3 Å². The van der Waals surface area contributed by atoms with Crippen LogP contribution in [0.1, 0.15) is 6.42 Å². The second-order valence-corrected chi connectivity index (χ2v) is 8.47. The summed E-state index contributed by atoms with van der Waals surface area (Å²) in [5, 5.41) is 0. The molecule has 6 rings (SSSR count).